The van der Waals surface area contributed by atoms with Gasteiger partial charge in [-0.25, -0.2) is 0 Å². The van der Waals surface area contributed by atoms with E-state index in [1.165, 1.54) is 110 Å². The molecule has 0 unspecified atom stereocenters. The molecule has 0 spiro atoms. The Hall–Kier alpha value is -5.98. The quantitative estimate of drug-likeness (QED) is 0.132. The first-order chi connectivity index (χ1) is 24.9. The van der Waals surface area contributed by atoms with Crippen molar-refractivity contribution in [3.05, 3.63) is 180 Å². The van der Waals surface area contributed by atoms with Gasteiger partial charge in [-0.2, -0.15) is 0 Å². The average Bonchev–Trinajstić information content (AvgIpc) is 3.41. The van der Waals surface area contributed by atoms with Crippen LogP contribution >= 0.6 is 0 Å². The maximum absolute atomic E-state index is 2.44. The fourth-order valence-electron chi connectivity index (χ4n) is 9.51. The first-order valence-electron chi connectivity index (χ1n) is 18.1. The first kappa shape index (κ1) is 29.9. The van der Waals surface area contributed by atoms with E-state index in [1.807, 2.05) is 0 Å². The molecule has 1 aliphatic carbocycles. The Balaban J connectivity index is 1.30. The number of benzene rings is 9. The van der Waals surface area contributed by atoms with Crippen molar-refractivity contribution in [3.63, 3.8) is 0 Å². The van der Waals surface area contributed by atoms with E-state index in [4.69, 9.17) is 0 Å². The second-order valence-electron chi connectivity index (χ2n) is 14.9. The maximum Gasteiger partial charge on any atom is 0.0171 e. The van der Waals surface area contributed by atoms with Gasteiger partial charge in [0.25, 0.3) is 0 Å². The number of aryl methyl sites for hydroxylation is 2. The van der Waals surface area contributed by atoms with Crippen molar-refractivity contribution < 1.29 is 0 Å². The molecule has 0 bridgehead atoms. The lowest BCUT2D eigenvalue weighted by molar-refractivity contribution is 0.668. The van der Waals surface area contributed by atoms with Gasteiger partial charge < -0.3 is 0 Å². The number of rotatable bonds is 3. The molecule has 9 aromatic rings. The summed E-state index contributed by atoms with van der Waals surface area (Å²) in [6.45, 7) is 9.33. The van der Waals surface area contributed by atoms with Crippen molar-refractivity contribution in [2.45, 2.75) is 33.1 Å². The molecule has 0 saturated heterocycles. The van der Waals surface area contributed by atoms with Crippen molar-refractivity contribution in [2.75, 3.05) is 0 Å². The SMILES string of the molecule is Cc1ccccc1-c1cc(-c2c3ccccc3c(-c3cccc4c3C(C)(C)c3c-4c4ccccc4c4ccccc34)c3ccccc23)ccc1C. The van der Waals surface area contributed by atoms with Gasteiger partial charge in [-0.1, -0.05) is 166 Å². The molecule has 0 aromatic heterocycles. The van der Waals surface area contributed by atoms with Crippen LogP contribution < -0.4 is 0 Å². The highest BCUT2D eigenvalue weighted by molar-refractivity contribution is 6.23. The molecule has 0 atom stereocenters. The number of hydrogen-bond donors (Lipinski definition) is 0. The molecule has 0 N–H and O–H groups in total. The maximum atomic E-state index is 2.44. The van der Waals surface area contributed by atoms with Crippen molar-refractivity contribution in [3.8, 4) is 44.5 Å². The van der Waals surface area contributed by atoms with Crippen molar-refractivity contribution in [1.29, 1.82) is 0 Å². The van der Waals surface area contributed by atoms with E-state index in [-0.39, 0.29) is 5.41 Å². The summed E-state index contributed by atoms with van der Waals surface area (Å²) in [5.41, 5.74) is 15.8. The predicted octanol–water partition coefficient (Wildman–Crippen LogP) is 14.2. The van der Waals surface area contributed by atoms with E-state index in [9.17, 15) is 0 Å². The Morgan fingerprint density at radius 2 is 0.745 bits per heavy atom. The lowest BCUT2D eigenvalue weighted by atomic mass is 9.75. The molecule has 0 aliphatic heterocycles. The van der Waals surface area contributed by atoms with Gasteiger partial charge in [-0.05, 0) is 130 Å². The number of fused-ring (bicyclic) bond motifs is 10. The van der Waals surface area contributed by atoms with Crippen LogP contribution in [0, 0.1) is 13.8 Å². The Kier molecular flexibility index (Phi) is 6.45. The van der Waals surface area contributed by atoms with Crippen LogP contribution in [0.15, 0.2) is 158 Å². The zero-order chi connectivity index (χ0) is 34.4. The summed E-state index contributed by atoms with van der Waals surface area (Å²) in [5, 5.41) is 10.5. The molecule has 0 nitrogen and oxygen atoms in total. The van der Waals surface area contributed by atoms with Gasteiger partial charge >= 0.3 is 0 Å². The largest absolute Gasteiger partial charge is 0.0620 e. The van der Waals surface area contributed by atoms with E-state index in [0.29, 0.717) is 0 Å². The van der Waals surface area contributed by atoms with Crippen molar-refractivity contribution >= 4 is 43.1 Å². The third-order valence-electron chi connectivity index (χ3n) is 11.7. The average molecular weight is 651 g/mol. The lowest BCUT2D eigenvalue weighted by Gasteiger charge is -2.27. The second kappa shape index (κ2) is 11.0. The Bertz CT molecular complexity index is 2840. The standard InChI is InChI=1S/C51H38/c1-31-16-5-6-17-34(31)45-30-33(29-28-32(45)2)46-38-21-10-12-23-40(38)47(41-24-13-11-22-39(41)46)43-26-15-27-44-48-37-20-9-7-18-35(37)36-19-8-14-25-42(36)50(48)51(3,4)49(43)44/h5-30H,1-4H3. The summed E-state index contributed by atoms with van der Waals surface area (Å²) in [4.78, 5) is 0. The fourth-order valence-corrected chi connectivity index (χ4v) is 9.51. The highest BCUT2D eigenvalue weighted by atomic mass is 14.4. The summed E-state index contributed by atoms with van der Waals surface area (Å²) in [5.74, 6) is 0. The molecule has 1 aliphatic rings. The molecule has 0 heterocycles. The monoisotopic (exact) mass is 650 g/mol. The molecule has 51 heavy (non-hydrogen) atoms. The van der Waals surface area contributed by atoms with E-state index in [0.717, 1.165) is 0 Å². The highest BCUT2D eigenvalue weighted by Crippen LogP contribution is 2.58. The fraction of sp³-hybridized carbons (Fsp3) is 0.0980. The van der Waals surface area contributed by atoms with Gasteiger partial charge in [-0.15, -0.1) is 0 Å². The summed E-state index contributed by atoms with van der Waals surface area (Å²) in [7, 11) is 0. The first-order valence-corrected chi connectivity index (χ1v) is 18.1. The third-order valence-corrected chi connectivity index (χ3v) is 11.7. The molecule has 0 radical (unpaired) electrons. The molecule has 0 saturated carbocycles. The summed E-state index contributed by atoms with van der Waals surface area (Å²) < 4.78 is 0. The number of hydrogen-bond acceptors (Lipinski definition) is 0. The summed E-state index contributed by atoms with van der Waals surface area (Å²) in [6, 6.07) is 59.0. The molecule has 9 aromatic carbocycles. The van der Waals surface area contributed by atoms with Gasteiger partial charge in [0.2, 0.25) is 0 Å². The van der Waals surface area contributed by atoms with Gasteiger partial charge in [0.05, 0.1) is 0 Å². The van der Waals surface area contributed by atoms with Crippen LogP contribution in [0.4, 0.5) is 0 Å². The van der Waals surface area contributed by atoms with Crippen LogP contribution in [-0.2, 0) is 5.41 Å². The van der Waals surface area contributed by atoms with Crippen LogP contribution in [0.2, 0.25) is 0 Å². The van der Waals surface area contributed by atoms with Crippen molar-refractivity contribution in [2.24, 2.45) is 0 Å². The zero-order valence-electron chi connectivity index (χ0n) is 29.5. The van der Waals surface area contributed by atoms with Crippen LogP contribution in [0.1, 0.15) is 36.1 Å². The minimum Gasteiger partial charge on any atom is -0.0620 e. The molecule has 0 heteroatoms. The molecular formula is C51H38. The summed E-state index contributed by atoms with van der Waals surface area (Å²) in [6.07, 6.45) is 0. The van der Waals surface area contributed by atoms with Crippen LogP contribution in [0.25, 0.3) is 87.6 Å². The zero-order valence-corrected chi connectivity index (χ0v) is 29.5. The van der Waals surface area contributed by atoms with Crippen molar-refractivity contribution in [1.82, 2.24) is 0 Å². The van der Waals surface area contributed by atoms with Crippen LogP contribution in [0.5, 0.6) is 0 Å². The molecule has 242 valence electrons. The molecule has 0 amide bonds. The lowest BCUT2D eigenvalue weighted by Crippen LogP contribution is -2.17. The topological polar surface area (TPSA) is 0 Å². The van der Waals surface area contributed by atoms with Crippen LogP contribution in [-0.4, -0.2) is 0 Å². The molecule has 0 fully saturated rings. The van der Waals surface area contributed by atoms with Gasteiger partial charge in [0.1, 0.15) is 0 Å². The van der Waals surface area contributed by atoms with E-state index in [1.54, 1.807) is 0 Å². The smallest absolute Gasteiger partial charge is 0.0171 e. The predicted molar refractivity (Wildman–Crippen MR) is 220 cm³/mol. The minimum atomic E-state index is -0.217. The molecular weight excluding hydrogens is 613 g/mol. The molecule has 10 rings (SSSR count). The minimum absolute atomic E-state index is 0.217. The van der Waals surface area contributed by atoms with E-state index in [2.05, 4.69) is 185 Å². The van der Waals surface area contributed by atoms with Crippen LogP contribution in [0.3, 0.4) is 0 Å². The summed E-state index contributed by atoms with van der Waals surface area (Å²) >= 11 is 0. The van der Waals surface area contributed by atoms with E-state index >= 15 is 0 Å². The van der Waals surface area contributed by atoms with E-state index < -0.39 is 0 Å². The Morgan fingerprint density at radius 3 is 1.35 bits per heavy atom. The Morgan fingerprint density at radius 1 is 0.314 bits per heavy atom. The normalized spacial score (nSPS) is 13.3. The van der Waals surface area contributed by atoms with Gasteiger partial charge in [0.15, 0.2) is 0 Å². The van der Waals surface area contributed by atoms with Gasteiger partial charge in [0, 0.05) is 5.41 Å². The third kappa shape index (κ3) is 4.20. The van der Waals surface area contributed by atoms with Gasteiger partial charge in [-0.3, -0.25) is 0 Å². The highest BCUT2D eigenvalue weighted by Gasteiger charge is 2.40. The Labute approximate surface area is 299 Å². The second-order valence-corrected chi connectivity index (χ2v) is 14.9.